The third-order valence-electron chi connectivity index (χ3n) is 10.00. The van der Waals surface area contributed by atoms with Crippen LogP contribution >= 0.6 is 11.3 Å². The molecular weight excluding hydrogens is 637 g/mol. The van der Waals surface area contributed by atoms with E-state index in [0.717, 1.165) is 17.1 Å². The molecule has 2 heterocycles. The number of anilines is 3. The van der Waals surface area contributed by atoms with E-state index in [0.29, 0.717) is 0 Å². The molecule has 0 saturated carbocycles. The SMILES string of the molecule is c1ccc(-c2ccccc2N(c2ccc(-c3ccc4sc5c(-c6ccccc6)c6ccccc6n5c4c3)cc2)c2cccc3ccccc23)cc1. The third kappa shape index (κ3) is 4.93. The maximum atomic E-state index is 2.46. The zero-order valence-electron chi connectivity index (χ0n) is 27.8. The number of thiazole rings is 1. The highest BCUT2D eigenvalue weighted by atomic mass is 32.1. The molecule has 51 heavy (non-hydrogen) atoms. The Morgan fingerprint density at radius 2 is 1.04 bits per heavy atom. The predicted molar refractivity (Wildman–Crippen MR) is 219 cm³/mol. The number of nitrogens with zero attached hydrogens (tertiary/aromatic N) is 2. The van der Waals surface area contributed by atoms with E-state index < -0.39 is 0 Å². The van der Waals surface area contributed by atoms with E-state index in [1.807, 2.05) is 11.3 Å². The van der Waals surface area contributed by atoms with Gasteiger partial charge in [-0.25, -0.2) is 0 Å². The molecule has 0 aliphatic carbocycles. The first-order chi connectivity index (χ1) is 25.3. The molecule has 2 aromatic heterocycles. The molecule has 0 saturated heterocycles. The largest absolute Gasteiger partial charge is 0.309 e. The average Bonchev–Trinajstić information content (AvgIpc) is 3.73. The van der Waals surface area contributed by atoms with Crippen molar-refractivity contribution in [2.75, 3.05) is 4.90 Å². The highest BCUT2D eigenvalue weighted by Crippen LogP contribution is 2.45. The summed E-state index contributed by atoms with van der Waals surface area (Å²) in [5.74, 6) is 0. The molecule has 0 amide bonds. The Labute approximate surface area is 300 Å². The van der Waals surface area contributed by atoms with Crippen molar-refractivity contribution in [3.63, 3.8) is 0 Å². The lowest BCUT2D eigenvalue weighted by atomic mass is 10.00. The van der Waals surface area contributed by atoms with E-state index in [2.05, 4.69) is 203 Å². The van der Waals surface area contributed by atoms with E-state index in [9.17, 15) is 0 Å². The quantitative estimate of drug-likeness (QED) is 0.171. The van der Waals surface area contributed by atoms with Crippen molar-refractivity contribution in [1.29, 1.82) is 0 Å². The highest BCUT2D eigenvalue weighted by molar-refractivity contribution is 7.24. The Hall–Kier alpha value is -6.42. The Kier molecular flexibility index (Phi) is 7.04. The number of hydrogen-bond acceptors (Lipinski definition) is 2. The van der Waals surface area contributed by atoms with Gasteiger partial charge in [0.25, 0.3) is 0 Å². The van der Waals surface area contributed by atoms with E-state index in [4.69, 9.17) is 0 Å². The van der Waals surface area contributed by atoms with Crippen LogP contribution in [0.4, 0.5) is 17.1 Å². The van der Waals surface area contributed by atoms with Crippen molar-refractivity contribution >= 4 is 65.1 Å². The maximum absolute atomic E-state index is 2.46. The topological polar surface area (TPSA) is 7.65 Å². The van der Waals surface area contributed by atoms with Crippen molar-refractivity contribution in [2.24, 2.45) is 0 Å². The molecule has 240 valence electrons. The van der Waals surface area contributed by atoms with Crippen LogP contribution in [0.5, 0.6) is 0 Å². The van der Waals surface area contributed by atoms with Gasteiger partial charge >= 0.3 is 0 Å². The van der Waals surface area contributed by atoms with E-state index in [1.54, 1.807) is 0 Å². The summed E-state index contributed by atoms with van der Waals surface area (Å²) >= 11 is 1.87. The van der Waals surface area contributed by atoms with Gasteiger partial charge in [-0.1, -0.05) is 152 Å². The number of aromatic nitrogens is 1. The summed E-state index contributed by atoms with van der Waals surface area (Å²) < 4.78 is 3.74. The van der Waals surface area contributed by atoms with E-state index >= 15 is 0 Å². The zero-order chi connectivity index (χ0) is 33.7. The molecule has 0 aliphatic rings. The molecule has 8 aromatic carbocycles. The van der Waals surface area contributed by atoms with Crippen molar-refractivity contribution in [1.82, 2.24) is 4.40 Å². The summed E-state index contributed by atoms with van der Waals surface area (Å²) in [6.07, 6.45) is 0. The summed E-state index contributed by atoms with van der Waals surface area (Å²) in [6.45, 7) is 0. The molecule has 0 atom stereocenters. The van der Waals surface area contributed by atoms with Crippen LogP contribution in [0.2, 0.25) is 0 Å². The lowest BCUT2D eigenvalue weighted by Gasteiger charge is -2.29. The van der Waals surface area contributed by atoms with Crippen LogP contribution in [0.1, 0.15) is 0 Å². The Balaban J connectivity index is 1.12. The first kappa shape index (κ1) is 29.5. The highest BCUT2D eigenvalue weighted by Gasteiger charge is 2.20. The van der Waals surface area contributed by atoms with Crippen LogP contribution in [-0.4, -0.2) is 4.40 Å². The maximum Gasteiger partial charge on any atom is 0.109 e. The molecule has 3 heteroatoms. The zero-order valence-corrected chi connectivity index (χ0v) is 28.6. The Morgan fingerprint density at radius 3 is 1.86 bits per heavy atom. The minimum Gasteiger partial charge on any atom is -0.309 e. The van der Waals surface area contributed by atoms with Crippen LogP contribution in [0, 0.1) is 0 Å². The smallest absolute Gasteiger partial charge is 0.109 e. The molecule has 0 N–H and O–H groups in total. The van der Waals surface area contributed by atoms with Gasteiger partial charge in [-0.2, -0.15) is 0 Å². The first-order valence-corrected chi connectivity index (χ1v) is 18.2. The first-order valence-electron chi connectivity index (χ1n) is 17.4. The second-order valence-electron chi connectivity index (χ2n) is 12.9. The fraction of sp³-hybridized carbons (Fsp3) is 0. The van der Waals surface area contributed by atoms with Gasteiger partial charge in [0.1, 0.15) is 4.83 Å². The van der Waals surface area contributed by atoms with Crippen LogP contribution in [-0.2, 0) is 0 Å². The normalized spacial score (nSPS) is 11.5. The van der Waals surface area contributed by atoms with Gasteiger partial charge in [0.15, 0.2) is 0 Å². The monoisotopic (exact) mass is 668 g/mol. The predicted octanol–water partition coefficient (Wildman–Crippen LogP) is 13.9. The summed E-state index contributed by atoms with van der Waals surface area (Å²) in [5, 5.41) is 3.72. The summed E-state index contributed by atoms with van der Waals surface area (Å²) in [4.78, 5) is 3.70. The van der Waals surface area contributed by atoms with E-state index in [1.165, 1.54) is 70.1 Å². The van der Waals surface area contributed by atoms with Crippen molar-refractivity contribution in [3.8, 4) is 33.4 Å². The molecule has 2 nitrogen and oxygen atoms in total. The average molecular weight is 669 g/mol. The molecule has 0 bridgehead atoms. The third-order valence-corrected chi connectivity index (χ3v) is 11.1. The molecule has 0 spiro atoms. The van der Waals surface area contributed by atoms with Crippen LogP contribution in [0.15, 0.2) is 194 Å². The second-order valence-corrected chi connectivity index (χ2v) is 14.0. The Morgan fingerprint density at radius 1 is 0.412 bits per heavy atom. The lowest BCUT2D eigenvalue weighted by Crippen LogP contribution is -2.11. The number of rotatable bonds is 6. The van der Waals surface area contributed by atoms with Crippen LogP contribution < -0.4 is 4.90 Å². The molecule has 0 unspecified atom stereocenters. The summed E-state index contributed by atoms with van der Waals surface area (Å²) in [6, 6.07) is 70.2. The van der Waals surface area contributed by atoms with Gasteiger partial charge in [-0.05, 0) is 70.1 Å². The second kappa shape index (κ2) is 12.2. The number of fused-ring (bicyclic) bond motifs is 6. The van der Waals surface area contributed by atoms with Gasteiger partial charge in [-0.15, -0.1) is 11.3 Å². The summed E-state index contributed by atoms with van der Waals surface area (Å²) in [7, 11) is 0. The fourth-order valence-electron chi connectivity index (χ4n) is 7.64. The standard InChI is InChI=1S/C48H32N2S/c1-3-14-34(15-4-1)39-21-9-11-23-42(39)49(43-25-13-19-35-16-7-8-20-40(35)43)38-29-26-33(27-30-38)37-28-31-46-45(32-37)50-44-24-12-10-22-41(44)47(48(50)51-46)36-17-5-2-6-18-36/h1-32H. The lowest BCUT2D eigenvalue weighted by molar-refractivity contribution is 1.30. The van der Waals surface area contributed by atoms with Gasteiger partial charge in [-0.3, -0.25) is 4.40 Å². The van der Waals surface area contributed by atoms with Crippen LogP contribution in [0.3, 0.4) is 0 Å². The van der Waals surface area contributed by atoms with Gasteiger partial charge in [0.05, 0.1) is 27.1 Å². The van der Waals surface area contributed by atoms with Gasteiger partial charge < -0.3 is 4.90 Å². The molecule has 0 fully saturated rings. The van der Waals surface area contributed by atoms with Gasteiger partial charge in [0.2, 0.25) is 0 Å². The van der Waals surface area contributed by atoms with Crippen molar-refractivity contribution in [3.05, 3.63) is 194 Å². The fourth-order valence-corrected chi connectivity index (χ4v) is 8.86. The molecule has 10 rings (SSSR count). The van der Waals surface area contributed by atoms with Gasteiger partial charge in [0, 0.05) is 27.6 Å². The minimum atomic E-state index is 1.11. The van der Waals surface area contributed by atoms with Crippen molar-refractivity contribution in [2.45, 2.75) is 0 Å². The molecular formula is C48H32N2S. The number of benzene rings is 8. The Bertz CT molecular complexity index is 2840. The van der Waals surface area contributed by atoms with Crippen LogP contribution in [0.25, 0.3) is 70.1 Å². The van der Waals surface area contributed by atoms with Crippen molar-refractivity contribution < 1.29 is 0 Å². The minimum absolute atomic E-state index is 1.11. The number of hydrogen-bond donors (Lipinski definition) is 0. The van der Waals surface area contributed by atoms with E-state index in [-0.39, 0.29) is 0 Å². The molecule has 10 aromatic rings. The number of para-hydroxylation sites is 2. The summed E-state index contributed by atoms with van der Waals surface area (Å²) in [5.41, 5.74) is 13.2. The molecule has 0 aliphatic heterocycles. The molecule has 0 radical (unpaired) electrons.